The van der Waals surface area contributed by atoms with Gasteiger partial charge in [-0.1, -0.05) is 35.9 Å². The number of aromatic nitrogens is 5. The second kappa shape index (κ2) is 9.02. The summed E-state index contributed by atoms with van der Waals surface area (Å²) in [5.74, 6) is 0.996. The molecular weight excluding hydrogens is 539 g/mol. The average Bonchev–Trinajstić information content (AvgIpc) is 3.50. The Balaban J connectivity index is 1.59. The molecule has 0 unspecified atom stereocenters. The Morgan fingerprint density at radius 2 is 1.67 bits per heavy atom. The zero-order valence-electron chi connectivity index (χ0n) is 20.1. The number of rotatable bonds is 4. The second-order valence-electron chi connectivity index (χ2n) is 8.78. The first-order chi connectivity index (χ1) is 18.6. The predicted octanol–water partition coefficient (Wildman–Crippen LogP) is 4.37. The van der Waals surface area contributed by atoms with E-state index in [2.05, 4.69) is 10.1 Å². The number of nitrogens with zero attached hydrogens (tertiary/aromatic N) is 5. The summed E-state index contributed by atoms with van der Waals surface area (Å²) in [6.07, 6.45) is -3.55. The van der Waals surface area contributed by atoms with Gasteiger partial charge < -0.3 is 9.47 Å². The summed E-state index contributed by atoms with van der Waals surface area (Å²) >= 11 is 6.08. The molecule has 4 heterocycles. The van der Waals surface area contributed by atoms with E-state index in [1.165, 1.54) is 13.1 Å². The van der Waals surface area contributed by atoms with E-state index in [1.807, 2.05) is 0 Å². The van der Waals surface area contributed by atoms with Crippen LogP contribution in [0, 0.1) is 0 Å². The molecule has 0 radical (unpaired) electrons. The van der Waals surface area contributed by atoms with Crippen molar-refractivity contribution in [3.05, 3.63) is 97.9 Å². The first kappa shape index (κ1) is 24.7. The van der Waals surface area contributed by atoms with Crippen LogP contribution < -0.4 is 20.7 Å². The Labute approximate surface area is 222 Å². The number of hydrogen-bond acceptors (Lipinski definition) is 6. The van der Waals surface area contributed by atoms with Crippen molar-refractivity contribution >= 4 is 17.2 Å². The molecule has 0 amide bonds. The number of halogens is 4. The number of hydrogen-bond donors (Lipinski definition) is 0. The van der Waals surface area contributed by atoms with Crippen molar-refractivity contribution in [3.63, 3.8) is 0 Å². The summed E-state index contributed by atoms with van der Waals surface area (Å²) in [4.78, 5) is 30.6. The minimum absolute atomic E-state index is 0.0457. The minimum Gasteiger partial charge on any atom is -0.454 e. The molecule has 9 nitrogen and oxygen atoms in total. The Kier molecular flexibility index (Phi) is 5.72. The van der Waals surface area contributed by atoms with Gasteiger partial charge in [-0.15, -0.1) is 5.10 Å². The standard InChI is InChI=1S/C26H17ClF3N5O4/c1-33-24(36)22(15-3-6-17(27)7-4-15)21(16-5-8-18-19(10-16)39-13-38-18)23-32-34(25(37)35(23)33)12-14-2-9-20(31-11-14)26(28,29)30/h2-11H,12-13H2,1H3. The van der Waals surface area contributed by atoms with Crippen LogP contribution in [0.15, 0.2) is 70.4 Å². The SMILES string of the molecule is Cn1c(=O)c(-c2ccc(Cl)cc2)c(-c2ccc3c(c2)OCO3)c2nn(Cc3ccc(C(F)(F)F)nc3)c(=O)n21. The molecule has 0 N–H and O–H groups in total. The Bertz CT molecular complexity index is 1860. The maximum atomic E-state index is 13.7. The Morgan fingerprint density at radius 1 is 0.949 bits per heavy atom. The van der Waals surface area contributed by atoms with Gasteiger partial charge in [0.05, 0.1) is 12.1 Å². The summed E-state index contributed by atoms with van der Waals surface area (Å²) in [6, 6.07) is 13.8. The van der Waals surface area contributed by atoms with Gasteiger partial charge in [-0.05, 0) is 47.0 Å². The lowest BCUT2D eigenvalue weighted by molar-refractivity contribution is -0.141. The highest BCUT2D eigenvalue weighted by molar-refractivity contribution is 6.30. The zero-order valence-corrected chi connectivity index (χ0v) is 20.8. The molecule has 1 aliphatic rings. The van der Waals surface area contributed by atoms with E-state index in [0.29, 0.717) is 38.8 Å². The molecule has 2 aromatic carbocycles. The fourth-order valence-electron chi connectivity index (χ4n) is 4.47. The number of benzene rings is 2. The molecule has 6 rings (SSSR count). The highest BCUT2D eigenvalue weighted by Gasteiger charge is 2.32. The molecule has 13 heteroatoms. The summed E-state index contributed by atoms with van der Waals surface area (Å²) in [5, 5.41) is 4.99. The average molecular weight is 556 g/mol. The number of alkyl halides is 3. The quantitative estimate of drug-likeness (QED) is 0.327. The van der Waals surface area contributed by atoms with Gasteiger partial charge >= 0.3 is 11.9 Å². The molecule has 1 aliphatic heterocycles. The summed E-state index contributed by atoms with van der Waals surface area (Å²) in [7, 11) is 1.44. The molecule has 0 bridgehead atoms. The molecule has 5 aromatic rings. The van der Waals surface area contributed by atoms with Crippen molar-refractivity contribution in [2.75, 3.05) is 6.79 Å². The van der Waals surface area contributed by atoms with E-state index in [-0.39, 0.29) is 24.5 Å². The third-order valence-electron chi connectivity index (χ3n) is 6.34. The lowest BCUT2D eigenvalue weighted by Gasteiger charge is -2.14. The summed E-state index contributed by atoms with van der Waals surface area (Å²) < 4.78 is 53.1. The molecule has 0 saturated carbocycles. The molecule has 0 aliphatic carbocycles. The van der Waals surface area contributed by atoms with Crippen molar-refractivity contribution in [2.24, 2.45) is 7.05 Å². The molecule has 0 saturated heterocycles. The predicted molar refractivity (Wildman–Crippen MR) is 135 cm³/mol. The maximum absolute atomic E-state index is 13.7. The summed E-state index contributed by atoms with van der Waals surface area (Å²) in [5.41, 5.74) is 0.0170. The molecule has 0 fully saturated rings. The molecule has 0 atom stereocenters. The van der Waals surface area contributed by atoms with Gasteiger partial charge in [0.2, 0.25) is 6.79 Å². The van der Waals surface area contributed by atoms with Gasteiger partial charge in [-0.2, -0.15) is 17.7 Å². The second-order valence-corrected chi connectivity index (χ2v) is 9.22. The van der Waals surface area contributed by atoms with Crippen molar-refractivity contribution in [1.82, 2.24) is 24.0 Å². The highest BCUT2D eigenvalue weighted by atomic mass is 35.5. The van der Waals surface area contributed by atoms with E-state index in [9.17, 15) is 22.8 Å². The van der Waals surface area contributed by atoms with Crippen LogP contribution in [-0.4, -0.2) is 30.8 Å². The van der Waals surface area contributed by atoms with Crippen LogP contribution >= 0.6 is 11.6 Å². The van der Waals surface area contributed by atoms with Crippen molar-refractivity contribution in [3.8, 4) is 33.8 Å². The van der Waals surface area contributed by atoms with Crippen LogP contribution in [0.5, 0.6) is 11.5 Å². The van der Waals surface area contributed by atoms with Crippen LogP contribution in [-0.2, 0) is 19.8 Å². The van der Waals surface area contributed by atoms with Crippen molar-refractivity contribution in [1.29, 1.82) is 0 Å². The third-order valence-corrected chi connectivity index (χ3v) is 6.59. The van der Waals surface area contributed by atoms with Crippen molar-refractivity contribution < 1.29 is 22.6 Å². The lowest BCUT2D eigenvalue weighted by atomic mass is 9.96. The normalized spacial score (nSPS) is 12.8. The summed E-state index contributed by atoms with van der Waals surface area (Å²) in [6.45, 7) is -0.124. The molecule has 198 valence electrons. The van der Waals surface area contributed by atoms with Crippen LogP contribution in [0.2, 0.25) is 5.02 Å². The molecule has 39 heavy (non-hydrogen) atoms. The molecule has 3 aromatic heterocycles. The number of ether oxygens (including phenoxy) is 2. The lowest BCUT2D eigenvalue weighted by Crippen LogP contribution is -2.33. The largest absolute Gasteiger partial charge is 0.454 e. The Morgan fingerprint density at radius 3 is 2.36 bits per heavy atom. The van der Waals surface area contributed by atoms with Gasteiger partial charge in [0.15, 0.2) is 17.1 Å². The third kappa shape index (κ3) is 4.22. The van der Waals surface area contributed by atoms with Crippen molar-refractivity contribution in [2.45, 2.75) is 12.7 Å². The van der Waals surface area contributed by atoms with Crippen LogP contribution in [0.3, 0.4) is 0 Å². The first-order valence-electron chi connectivity index (χ1n) is 11.5. The molecule has 0 spiro atoms. The topological polar surface area (TPSA) is 92.7 Å². The Hall–Kier alpha value is -4.58. The van der Waals surface area contributed by atoms with Gasteiger partial charge in [-0.3, -0.25) is 9.78 Å². The van der Waals surface area contributed by atoms with Crippen LogP contribution in [0.25, 0.3) is 27.9 Å². The van der Waals surface area contributed by atoms with E-state index >= 15 is 0 Å². The van der Waals surface area contributed by atoms with E-state index in [4.69, 9.17) is 21.1 Å². The van der Waals surface area contributed by atoms with Gasteiger partial charge in [0.1, 0.15) is 5.69 Å². The fraction of sp³-hybridized carbons (Fsp3) is 0.154. The number of fused-ring (bicyclic) bond motifs is 2. The van der Waals surface area contributed by atoms with Gasteiger partial charge in [0, 0.05) is 23.8 Å². The van der Waals surface area contributed by atoms with E-state index in [1.54, 1.807) is 42.5 Å². The highest BCUT2D eigenvalue weighted by Crippen LogP contribution is 2.39. The first-order valence-corrected chi connectivity index (χ1v) is 11.9. The monoisotopic (exact) mass is 555 g/mol. The van der Waals surface area contributed by atoms with E-state index in [0.717, 1.165) is 26.1 Å². The zero-order chi connectivity index (χ0) is 27.5. The number of pyridine rings is 1. The smallest absolute Gasteiger partial charge is 0.433 e. The minimum atomic E-state index is -4.59. The van der Waals surface area contributed by atoms with E-state index < -0.39 is 23.1 Å². The van der Waals surface area contributed by atoms with Gasteiger partial charge in [0.25, 0.3) is 5.56 Å². The fourth-order valence-corrected chi connectivity index (χ4v) is 4.59. The van der Waals surface area contributed by atoms with Crippen LogP contribution in [0.4, 0.5) is 13.2 Å². The van der Waals surface area contributed by atoms with Gasteiger partial charge in [-0.25, -0.2) is 14.2 Å². The maximum Gasteiger partial charge on any atom is 0.433 e. The van der Waals surface area contributed by atoms with Crippen LogP contribution in [0.1, 0.15) is 11.3 Å². The molecular formula is C26H17ClF3N5O4. The number of aryl methyl sites for hydroxylation is 1.